The Morgan fingerprint density at radius 1 is 1.08 bits per heavy atom. The summed E-state index contributed by atoms with van der Waals surface area (Å²) >= 11 is 0. The van der Waals surface area contributed by atoms with Gasteiger partial charge < -0.3 is 9.80 Å². The van der Waals surface area contributed by atoms with Crippen molar-refractivity contribution in [3.63, 3.8) is 0 Å². The summed E-state index contributed by atoms with van der Waals surface area (Å²) in [5.74, 6) is 2.89. The molecule has 1 amide bonds. The lowest BCUT2D eigenvalue weighted by Crippen LogP contribution is -2.49. The summed E-state index contributed by atoms with van der Waals surface area (Å²) in [6, 6.07) is 6.54. The van der Waals surface area contributed by atoms with Crippen molar-refractivity contribution >= 4 is 11.6 Å². The summed E-state index contributed by atoms with van der Waals surface area (Å²) in [5, 5.41) is 0. The molecule has 3 atom stereocenters. The molecule has 3 aliphatic rings. The molecular weight excluding hydrogens is 296 g/mol. The van der Waals surface area contributed by atoms with Gasteiger partial charge in [-0.1, -0.05) is 18.6 Å². The van der Waals surface area contributed by atoms with Crippen LogP contribution >= 0.6 is 0 Å². The van der Waals surface area contributed by atoms with Crippen molar-refractivity contribution < 1.29 is 4.79 Å². The number of benzene rings is 1. The molecule has 0 spiro atoms. The average Bonchev–Trinajstić information content (AvgIpc) is 3.20. The first-order valence-electron chi connectivity index (χ1n) is 9.70. The molecular formula is C21H30N2O. The molecule has 3 heteroatoms. The molecule has 4 rings (SSSR count). The molecule has 2 bridgehead atoms. The van der Waals surface area contributed by atoms with Crippen molar-refractivity contribution in [3.05, 3.63) is 29.3 Å². The number of amides is 1. The number of hydrogen-bond donors (Lipinski definition) is 0. The summed E-state index contributed by atoms with van der Waals surface area (Å²) in [6.45, 7) is 8.07. The molecule has 2 aliphatic carbocycles. The van der Waals surface area contributed by atoms with Crippen LogP contribution in [-0.4, -0.2) is 37.0 Å². The average molecular weight is 326 g/mol. The van der Waals surface area contributed by atoms with Crippen LogP contribution in [0.3, 0.4) is 0 Å². The lowest BCUT2D eigenvalue weighted by Gasteiger charge is -2.37. The van der Waals surface area contributed by atoms with Crippen LogP contribution in [0, 0.1) is 31.6 Å². The number of rotatable bonds is 3. The molecule has 1 aromatic carbocycles. The molecule has 0 aromatic heterocycles. The Bertz CT molecular complexity index is 618. The minimum absolute atomic E-state index is 0.410. The maximum atomic E-state index is 12.7. The Balaban J connectivity index is 1.32. The Hall–Kier alpha value is -1.51. The van der Waals surface area contributed by atoms with E-state index in [-0.39, 0.29) is 0 Å². The molecule has 0 unspecified atom stereocenters. The minimum Gasteiger partial charge on any atom is -0.368 e. The zero-order valence-electron chi connectivity index (χ0n) is 15.1. The van der Waals surface area contributed by atoms with Gasteiger partial charge in [-0.25, -0.2) is 0 Å². The summed E-state index contributed by atoms with van der Waals surface area (Å²) in [5.41, 5.74) is 4.07. The molecule has 2 saturated carbocycles. The van der Waals surface area contributed by atoms with Gasteiger partial charge in [-0.3, -0.25) is 4.79 Å². The molecule has 1 aliphatic heterocycles. The lowest BCUT2D eigenvalue weighted by molar-refractivity contribution is -0.132. The number of aryl methyl sites for hydroxylation is 1. The molecule has 3 nitrogen and oxygen atoms in total. The van der Waals surface area contributed by atoms with E-state index in [2.05, 4.69) is 41.8 Å². The first-order valence-corrected chi connectivity index (χ1v) is 9.70. The number of anilines is 1. The second kappa shape index (κ2) is 6.42. The monoisotopic (exact) mass is 326 g/mol. The van der Waals surface area contributed by atoms with Crippen LogP contribution in [0.1, 0.15) is 43.2 Å². The summed E-state index contributed by atoms with van der Waals surface area (Å²) in [4.78, 5) is 17.3. The second-order valence-corrected chi connectivity index (χ2v) is 8.23. The van der Waals surface area contributed by atoms with Gasteiger partial charge >= 0.3 is 0 Å². The largest absolute Gasteiger partial charge is 0.368 e. The van der Waals surface area contributed by atoms with Crippen LogP contribution in [0.5, 0.6) is 0 Å². The third kappa shape index (κ3) is 2.94. The van der Waals surface area contributed by atoms with Crippen LogP contribution in [-0.2, 0) is 4.79 Å². The van der Waals surface area contributed by atoms with Gasteiger partial charge in [0.25, 0.3) is 0 Å². The summed E-state index contributed by atoms with van der Waals surface area (Å²) < 4.78 is 0. The highest BCUT2D eigenvalue weighted by molar-refractivity contribution is 5.77. The number of hydrogen-bond acceptors (Lipinski definition) is 2. The molecule has 1 aromatic rings. The fraction of sp³-hybridized carbons (Fsp3) is 0.667. The van der Waals surface area contributed by atoms with Gasteiger partial charge in [0.05, 0.1) is 0 Å². The van der Waals surface area contributed by atoms with E-state index in [4.69, 9.17) is 0 Å². The number of carbonyl (C=O) groups is 1. The van der Waals surface area contributed by atoms with E-state index >= 15 is 0 Å². The first kappa shape index (κ1) is 16.0. The maximum Gasteiger partial charge on any atom is 0.222 e. The fourth-order valence-corrected chi connectivity index (χ4v) is 5.25. The zero-order valence-corrected chi connectivity index (χ0v) is 15.1. The molecule has 130 valence electrons. The van der Waals surface area contributed by atoms with E-state index in [0.717, 1.165) is 44.4 Å². The Kier molecular flexibility index (Phi) is 4.28. The van der Waals surface area contributed by atoms with Crippen molar-refractivity contribution in [2.45, 2.75) is 46.0 Å². The van der Waals surface area contributed by atoms with E-state index in [1.807, 2.05) is 0 Å². The third-order valence-electron chi connectivity index (χ3n) is 6.87. The topological polar surface area (TPSA) is 23.6 Å². The predicted octanol–water partition coefficient (Wildman–Crippen LogP) is 3.78. The molecule has 1 saturated heterocycles. The van der Waals surface area contributed by atoms with Crippen molar-refractivity contribution in [1.29, 1.82) is 0 Å². The van der Waals surface area contributed by atoms with Gasteiger partial charge in [0.1, 0.15) is 0 Å². The number of nitrogens with zero attached hydrogens (tertiary/aromatic N) is 2. The Labute approximate surface area is 146 Å². The number of fused-ring (bicyclic) bond motifs is 2. The van der Waals surface area contributed by atoms with Gasteiger partial charge in [-0.05, 0) is 68.1 Å². The van der Waals surface area contributed by atoms with Crippen LogP contribution < -0.4 is 4.90 Å². The van der Waals surface area contributed by atoms with Crippen LogP contribution in [0.4, 0.5) is 5.69 Å². The van der Waals surface area contributed by atoms with Gasteiger partial charge in [0.2, 0.25) is 5.91 Å². The van der Waals surface area contributed by atoms with E-state index in [0.29, 0.717) is 11.8 Å². The smallest absolute Gasteiger partial charge is 0.222 e. The van der Waals surface area contributed by atoms with Crippen molar-refractivity contribution in [2.75, 3.05) is 31.1 Å². The van der Waals surface area contributed by atoms with Gasteiger partial charge in [-0.15, -0.1) is 0 Å². The highest BCUT2D eigenvalue weighted by Crippen LogP contribution is 2.49. The number of carbonyl (C=O) groups excluding carboxylic acids is 1. The van der Waals surface area contributed by atoms with Crippen LogP contribution in [0.2, 0.25) is 0 Å². The molecule has 0 N–H and O–H groups in total. The second-order valence-electron chi connectivity index (χ2n) is 8.23. The fourth-order valence-electron chi connectivity index (χ4n) is 5.25. The summed E-state index contributed by atoms with van der Waals surface area (Å²) in [7, 11) is 0. The van der Waals surface area contributed by atoms with Gasteiger partial charge in [-0.2, -0.15) is 0 Å². The Morgan fingerprint density at radius 3 is 2.54 bits per heavy atom. The van der Waals surface area contributed by atoms with Crippen molar-refractivity contribution in [1.82, 2.24) is 4.90 Å². The maximum absolute atomic E-state index is 12.7. The first-order chi connectivity index (χ1) is 11.6. The van der Waals surface area contributed by atoms with Crippen LogP contribution in [0.15, 0.2) is 18.2 Å². The highest BCUT2D eigenvalue weighted by atomic mass is 16.2. The molecule has 0 radical (unpaired) electrons. The van der Waals surface area contributed by atoms with E-state index in [1.54, 1.807) is 0 Å². The lowest BCUT2D eigenvalue weighted by atomic mass is 9.86. The molecule has 3 fully saturated rings. The van der Waals surface area contributed by atoms with E-state index in [9.17, 15) is 4.79 Å². The van der Waals surface area contributed by atoms with Crippen LogP contribution in [0.25, 0.3) is 0 Å². The van der Waals surface area contributed by atoms with E-state index < -0.39 is 0 Å². The van der Waals surface area contributed by atoms with E-state index in [1.165, 1.54) is 42.5 Å². The highest BCUT2D eigenvalue weighted by Gasteiger charge is 2.40. The van der Waals surface area contributed by atoms with Crippen molar-refractivity contribution in [2.24, 2.45) is 17.8 Å². The Morgan fingerprint density at radius 2 is 1.88 bits per heavy atom. The standard InChI is InChI=1S/C21H30N2O/c1-15-4-3-5-20(16(15)2)22-8-10-23(11-9-22)21(24)14-19-13-17-6-7-18(19)12-17/h3-5,17-19H,6-14H2,1-2H3/t17-,18-,19+/m0/s1. The normalized spacial score (nSPS) is 29.3. The minimum atomic E-state index is 0.410. The van der Waals surface area contributed by atoms with Crippen molar-refractivity contribution in [3.8, 4) is 0 Å². The summed E-state index contributed by atoms with van der Waals surface area (Å²) in [6.07, 6.45) is 6.33. The third-order valence-corrected chi connectivity index (χ3v) is 6.87. The van der Waals surface area contributed by atoms with Gasteiger partial charge in [0, 0.05) is 38.3 Å². The SMILES string of the molecule is Cc1cccc(N2CCN(C(=O)C[C@H]3C[C@H]4CC[C@H]3C4)CC2)c1C. The molecule has 1 heterocycles. The predicted molar refractivity (Wildman–Crippen MR) is 98.3 cm³/mol. The quantitative estimate of drug-likeness (QED) is 0.844. The number of piperazine rings is 1. The zero-order chi connectivity index (χ0) is 16.7. The molecule has 24 heavy (non-hydrogen) atoms. The van der Waals surface area contributed by atoms with Gasteiger partial charge in [0.15, 0.2) is 0 Å².